The van der Waals surface area contributed by atoms with E-state index in [4.69, 9.17) is 5.84 Å². The highest BCUT2D eigenvalue weighted by atomic mass is 32.2. The molecular weight excluding hydrogens is 280 g/mol. The van der Waals surface area contributed by atoms with E-state index in [0.717, 1.165) is 12.8 Å². The number of fused-ring (bicyclic) bond motifs is 2. The van der Waals surface area contributed by atoms with Crippen molar-refractivity contribution in [2.45, 2.75) is 48.8 Å². The standard InChI is InChI=1S/C12H18N4O3S/c13-15-12-7-11(3-4-14-12)20(18,19)16-8-1-2-9(16)6-10(17)5-8/h3-4,7-10,17H,1-2,5-6,13H2,(H,14,15). The summed E-state index contributed by atoms with van der Waals surface area (Å²) in [5, 5.41) is 9.77. The summed E-state index contributed by atoms with van der Waals surface area (Å²) in [6.45, 7) is 0. The van der Waals surface area contributed by atoms with Gasteiger partial charge in [-0.3, -0.25) is 0 Å². The number of sulfonamides is 1. The maximum absolute atomic E-state index is 12.8. The average Bonchev–Trinajstić information content (AvgIpc) is 2.72. The zero-order chi connectivity index (χ0) is 14.3. The predicted octanol–water partition coefficient (Wildman–Crippen LogP) is 0.0436. The second-order valence-corrected chi connectivity index (χ2v) is 7.21. The fourth-order valence-electron chi connectivity index (χ4n) is 3.27. The van der Waals surface area contributed by atoms with Crippen LogP contribution in [0, 0.1) is 0 Å². The van der Waals surface area contributed by atoms with Crippen molar-refractivity contribution in [3.05, 3.63) is 18.3 Å². The van der Waals surface area contributed by atoms with E-state index in [9.17, 15) is 13.5 Å². The van der Waals surface area contributed by atoms with Gasteiger partial charge in [0.25, 0.3) is 0 Å². The molecule has 7 nitrogen and oxygen atoms in total. The molecule has 0 spiro atoms. The van der Waals surface area contributed by atoms with E-state index in [2.05, 4.69) is 10.4 Å². The van der Waals surface area contributed by atoms with Crippen molar-refractivity contribution >= 4 is 15.8 Å². The SMILES string of the molecule is NNc1cc(S(=O)(=O)N2C3CCC2CC(O)C3)ccn1. The Morgan fingerprint density at radius 3 is 2.60 bits per heavy atom. The van der Waals surface area contributed by atoms with Crippen LogP contribution < -0.4 is 11.3 Å². The van der Waals surface area contributed by atoms with Crippen LogP contribution >= 0.6 is 0 Å². The van der Waals surface area contributed by atoms with Crippen molar-refractivity contribution < 1.29 is 13.5 Å². The Bertz CT molecular complexity index is 592. The number of piperidine rings is 1. The van der Waals surface area contributed by atoms with Crippen LogP contribution in [0.25, 0.3) is 0 Å². The van der Waals surface area contributed by atoms with E-state index in [0.29, 0.717) is 18.7 Å². The maximum atomic E-state index is 12.8. The van der Waals surface area contributed by atoms with Gasteiger partial charge in [-0.05, 0) is 31.7 Å². The molecule has 2 unspecified atom stereocenters. The van der Waals surface area contributed by atoms with Gasteiger partial charge < -0.3 is 10.5 Å². The molecule has 2 atom stereocenters. The number of nitrogen functional groups attached to an aromatic ring is 1. The first-order valence-electron chi connectivity index (χ1n) is 6.66. The fraction of sp³-hybridized carbons (Fsp3) is 0.583. The second-order valence-electron chi connectivity index (χ2n) is 5.37. The first kappa shape index (κ1) is 13.7. The Morgan fingerprint density at radius 2 is 2.00 bits per heavy atom. The lowest BCUT2D eigenvalue weighted by molar-refractivity contribution is 0.0769. The molecule has 4 N–H and O–H groups in total. The summed E-state index contributed by atoms with van der Waals surface area (Å²) in [7, 11) is -3.57. The number of anilines is 1. The van der Waals surface area contributed by atoms with Gasteiger partial charge in [0.15, 0.2) is 0 Å². The zero-order valence-corrected chi connectivity index (χ0v) is 11.8. The molecule has 2 fully saturated rings. The minimum absolute atomic E-state index is 0.101. The van der Waals surface area contributed by atoms with E-state index < -0.39 is 16.1 Å². The lowest BCUT2D eigenvalue weighted by Crippen LogP contribution is -2.47. The number of hydrogen-bond donors (Lipinski definition) is 3. The molecule has 1 aromatic heterocycles. The average molecular weight is 298 g/mol. The fourth-order valence-corrected chi connectivity index (χ4v) is 5.17. The Morgan fingerprint density at radius 1 is 1.35 bits per heavy atom. The smallest absolute Gasteiger partial charge is 0.243 e. The van der Waals surface area contributed by atoms with Crippen molar-refractivity contribution in [3.8, 4) is 0 Å². The molecule has 3 rings (SSSR count). The monoisotopic (exact) mass is 298 g/mol. The highest BCUT2D eigenvalue weighted by Crippen LogP contribution is 2.39. The van der Waals surface area contributed by atoms with Gasteiger partial charge in [0.1, 0.15) is 5.82 Å². The van der Waals surface area contributed by atoms with Crippen LogP contribution in [-0.4, -0.2) is 41.0 Å². The minimum Gasteiger partial charge on any atom is -0.393 e. The molecule has 1 aromatic rings. The summed E-state index contributed by atoms with van der Waals surface area (Å²) < 4.78 is 27.1. The van der Waals surface area contributed by atoms with Crippen LogP contribution in [0.3, 0.4) is 0 Å². The molecule has 3 heterocycles. The van der Waals surface area contributed by atoms with Crippen LogP contribution in [0.4, 0.5) is 5.82 Å². The molecule has 0 amide bonds. The minimum atomic E-state index is -3.57. The molecule has 0 saturated carbocycles. The largest absolute Gasteiger partial charge is 0.393 e. The highest BCUT2D eigenvalue weighted by molar-refractivity contribution is 7.89. The van der Waals surface area contributed by atoms with Gasteiger partial charge in [0, 0.05) is 24.3 Å². The summed E-state index contributed by atoms with van der Waals surface area (Å²) in [6.07, 6.45) is 3.69. The second kappa shape index (κ2) is 4.96. The third kappa shape index (κ3) is 2.18. The molecule has 110 valence electrons. The molecule has 8 heteroatoms. The molecule has 2 aliphatic rings. The van der Waals surface area contributed by atoms with E-state index in [1.807, 2.05) is 0 Å². The van der Waals surface area contributed by atoms with Crippen LogP contribution in [0.5, 0.6) is 0 Å². The number of pyridine rings is 1. The number of aromatic nitrogens is 1. The first-order valence-corrected chi connectivity index (χ1v) is 8.10. The topological polar surface area (TPSA) is 109 Å². The molecule has 0 aromatic carbocycles. The summed E-state index contributed by atoms with van der Waals surface area (Å²) >= 11 is 0. The Labute approximate surface area is 117 Å². The van der Waals surface area contributed by atoms with Gasteiger partial charge in [-0.2, -0.15) is 4.31 Å². The third-order valence-corrected chi connectivity index (χ3v) is 6.10. The van der Waals surface area contributed by atoms with Crippen molar-refractivity contribution in [2.24, 2.45) is 5.84 Å². The molecule has 20 heavy (non-hydrogen) atoms. The summed E-state index contributed by atoms with van der Waals surface area (Å²) in [4.78, 5) is 4.11. The Balaban J connectivity index is 1.96. The number of rotatable bonds is 3. The van der Waals surface area contributed by atoms with Crippen molar-refractivity contribution in [1.82, 2.24) is 9.29 Å². The van der Waals surface area contributed by atoms with Gasteiger partial charge in [0.2, 0.25) is 10.0 Å². The van der Waals surface area contributed by atoms with Gasteiger partial charge in [-0.25, -0.2) is 19.2 Å². The number of hydrazine groups is 1. The van der Waals surface area contributed by atoms with E-state index in [1.54, 1.807) is 4.31 Å². The molecule has 2 aliphatic heterocycles. The van der Waals surface area contributed by atoms with E-state index >= 15 is 0 Å². The third-order valence-electron chi connectivity index (χ3n) is 4.10. The summed E-state index contributed by atoms with van der Waals surface area (Å²) in [6, 6.07) is 2.70. The zero-order valence-electron chi connectivity index (χ0n) is 10.9. The lowest BCUT2D eigenvalue weighted by Gasteiger charge is -2.36. The molecule has 2 saturated heterocycles. The molecule has 2 bridgehead atoms. The van der Waals surface area contributed by atoms with E-state index in [1.165, 1.54) is 18.3 Å². The lowest BCUT2D eigenvalue weighted by atomic mass is 10.0. The molecular formula is C12H18N4O3S. The molecule has 0 radical (unpaired) electrons. The van der Waals surface area contributed by atoms with Gasteiger partial charge in [-0.1, -0.05) is 0 Å². The van der Waals surface area contributed by atoms with Gasteiger partial charge >= 0.3 is 0 Å². The molecule has 0 aliphatic carbocycles. The maximum Gasteiger partial charge on any atom is 0.243 e. The Kier molecular flexibility index (Phi) is 3.41. The first-order chi connectivity index (χ1) is 9.52. The predicted molar refractivity (Wildman–Crippen MR) is 73.1 cm³/mol. The Hall–Kier alpha value is -1.22. The quantitative estimate of drug-likeness (QED) is 0.537. The summed E-state index contributed by atoms with van der Waals surface area (Å²) in [5.74, 6) is 5.59. The van der Waals surface area contributed by atoms with Crippen molar-refractivity contribution in [3.63, 3.8) is 0 Å². The number of aliphatic hydroxyl groups excluding tert-OH is 1. The number of nitrogens with two attached hydrogens (primary N) is 1. The van der Waals surface area contributed by atoms with Gasteiger partial charge in [0.05, 0.1) is 11.0 Å². The van der Waals surface area contributed by atoms with E-state index in [-0.39, 0.29) is 17.0 Å². The number of aliphatic hydroxyl groups is 1. The van der Waals surface area contributed by atoms with Crippen molar-refractivity contribution in [2.75, 3.05) is 5.43 Å². The van der Waals surface area contributed by atoms with Crippen molar-refractivity contribution in [1.29, 1.82) is 0 Å². The normalized spacial score (nSPS) is 30.4. The van der Waals surface area contributed by atoms with Crippen LogP contribution in [-0.2, 0) is 10.0 Å². The summed E-state index contributed by atoms with van der Waals surface area (Å²) in [5.41, 5.74) is 2.35. The highest BCUT2D eigenvalue weighted by Gasteiger charge is 2.46. The number of nitrogens with one attached hydrogen (secondary N) is 1. The van der Waals surface area contributed by atoms with Crippen LogP contribution in [0.2, 0.25) is 0 Å². The van der Waals surface area contributed by atoms with Gasteiger partial charge in [-0.15, -0.1) is 0 Å². The van der Waals surface area contributed by atoms with Crippen LogP contribution in [0.1, 0.15) is 25.7 Å². The number of nitrogens with zero attached hydrogens (tertiary/aromatic N) is 2. The van der Waals surface area contributed by atoms with Crippen LogP contribution in [0.15, 0.2) is 23.2 Å². The number of hydrogen-bond acceptors (Lipinski definition) is 6.